The maximum absolute atomic E-state index is 13.1. The van der Waals surface area contributed by atoms with Crippen molar-refractivity contribution in [2.45, 2.75) is 5.03 Å². The van der Waals surface area contributed by atoms with E-state index < -0.39 is 15.8 Å². The number of sulfonamides is 1. The number of aromatic nitrogens is 2. The molecule has 3 aromatic rings. The number of pyridine rings is 1. The molecule has 21 heavy (non-hydrogen) atoms. The van der Waals surface area contributed by atoms with Gasteiger partial charge in [-0.3, -0.25) is 9.12 Å². The van der Waals surface area contributed by atoms with E-state index in [0.29, 0.717) is 5.65 Å². The second kappa shape index (κ2) is 4.74. The quantitative estimate of drug-likeness (QED) is 0.773. The van der Waals surface area contributed by atoms with Gasteiger partial charge in [0.25, 0.3) is 10.0 Å². The van der Waals surface area contributed by atoms with Crippen LogP contribution in [-0.2, 0) is 10.0 Å². The fraction of sp³-hybridized carbons (Fsp3) is 0. The SMILES string of the molecule is Nc1nc2ccccn2c1S(=O)(=O)Nc1cccc(F)c1. The Morgan fingerprint density at radius 1 is 1.19 bits per heavy atom. The lowest BCUT2D eigenvalue weighted by atomic mass is 10.3. The topological polar surface area (TPSA) is 89.5 Å². The Balaban J connectivity index is 2.10. The van der Waals surface area contributed by atoms with Crippen LogP contribution in [-0.4, -0.2) is 17.8 Å². The van der Waals surface area contributed by atoms with Crippen molar-refractivity contribution in [2.75, 3.05) is 10.5 Å². The smallest absolute Gasteiger partial charge is 0.281 e. The molecule has 0 amide bonds. The van der Waals surface area contributed by atoms with Crippen LogP contribution in [0.25, 0.3) is 5.65 Å². The molecule has 2 aromatic heterocycles. The number of imidazole rings is 1. The summed E-state index contributed by atoms with van der Waals surface area (Å²) < 4.78 is 41.7. The minimum atomic E-state index is -3.99. The molecule has 0 bridgehead atoms. The molecule has 0 radical (unpaired) electrons. The summed E-state index contributed by atoms with van der Waals surface area (Å²) in [6.07, 6.45) is 1.54. The molecule has 0 saturated heterocycles. The fourth-order valence-corrected chi connectivity index (χ4v) is 3.28. The second-order valence-corrected chi connectivity index (χ2v) is 5.94. The molecular formula is C13H11FN4O2S. The molecular weight excluding hydrogens is 295 g/mol. The van der Waals surface area contributed by atoms with Gasteiger partial charge in [0, 0.05) is 6.20 Å². The van der Waals surface area contributed by atoms with Gasteiger partial charge in [0.15, 0.2) is 5.82 Å². The summed E-state index contributed by atoms with van der Waals surface area (Å²) in [7, 11) is -3.99. The average Bonchev–Trinajstić information content (AvgIpc) is 2.74. The van der Waals surface area contributed by atoms with Crippen LogP contribution < -0.4 is 10.5 Å². The summed E-state index contributed by atoms with van der Waals surface area (Å²) >= 11 is 0. The van der Waals surface area contributed by atoms with Crippen LogP contribution in [0.3, 0.4) is 0 Å². The van der Waals surface area contributed by atoms with Crippen molar-refractivity contribution < 1.29 is 12.8 Å². The molecule has 0 aliphatic carbocycles. The fourth-order valence-electron chi connectivity index (χ4n) is 2.01. The summed E-state index contributed by atoms with van der Waals surface area (Å²) in [6, 6.07) is 10.2. The van der Waals surface area contributed by atoms with E-state index in [9.17, 15) is 12.8 Å². The number of nitrogens with zero attached hydrogens (tertiary/aromatic N) is 2. The van der Waals surface area contributed by atoms with Gasteiger partial charge < -0.3 is 5.73 Å². The van der Waals surface area contributed by atoms with E-state index in [1.54, 1.807) is 24.4 Å². The van der Waals surface area contributed by atoms with E-state index in [2.05, 4.69) is 9.71 Å². The molecule has 3 N–H and O–H groups in total. The first kappa shape index (κ1) is 13.4. The highest BCUT2D eigenvalue weighted by atomic mass is 32.2. The lowest BCUT2D eigenvalue weighted by molar-refractivity contribution is 0.597. The Morgan fingerprint density at radius 2 is 2.00 bits per heavy atom. The molecule has 6 nitrogen and oxygen atoms in total. The average molecular weight is 306 g/mol. The van der Waals surface area contributed by atoms with Crippen molar-refractivity contribution in [3.8, 4) is 0 Å². The number of hydrogen-bond donors (Lipinski definition) is 2. The lowest BCUT2D eigenvalue weighted by Gasteiger charge is -2.08. The van der Waals surface area contributed by atoms with E-state index in [-0.39, 0.29) is 16.5 Å². The van der Waals surface area contributed by atoms with Gasteiger partial charge in [-0.25, -0.2) is 9.37 Å². The van der Waals surface area contributed by atoms with Gasteiger partial charge in [-0.15, -0.1) is 0 Å². The van der Waals surface area contributed by atoms with E-state index in [1.807, 2.05) is 0 Å². The minimum absolute atomic E-state index is 0.111. The van der Waals surface area contributed by atoms with Crippen molar-refractivity contribution in [1.29, 1.82) is 0 Å². The third-order valence-electron chi connectivity index (χ3n) is 2.84. The highest BCUT2D eigenvalue weighted by molar-refractivity contribution is 7.92. The first-order valence-corrected chi connectivity index (χ1v) is 7.47. The van der Waals surface area contributed by atoms with Crippen LogP contribution in [0.15, 0.2) is 53.7 Å². The zero-order valence-electron chi connectivity index (χ0n) is 10.7. The van der Waals surface area contributed by atoms with Gasteiger partial charge in [-0.1, -0.05) is 12.1 Å². The summed E-state index contributed by atoms with van der Waals surface area (Å²) in [5.41, 5.74) is 6.22. The number of benzene rings is 1. The van der Waals surface area contributed by atoms with Crippen molar-refractivity contribution in [3.63, 3.8) is 0 Å². The number of fused-ring (bicyclic) bond motifs is 1. The third-order valence-corrected chi connectivity index (χ3v) is 4.26. The highest BCUT2D eigenvalue weighted by Crippen LogP contribution is 2.23. The lowest BCUT2D eigenvalue weighted by Crippen LogP contribution is -2.16. The summed E-state index contributed by atoms with van der Waals surface area (Å²) in [5, 5.41) is -0.178. The van der Waals surface area contributed by atoms with Crippen LogP contribution in [0.4, 0.5) is 15.9 Å². The third kappa shape index (κ3) is 2.40. The van der Waals surface area contributed by atoms with E-state index in [1.165, 1.54) is 22.6 Å². The molecule has 0 aliphatic heterocycles. The highest BCUT2D eigenvalue weighted by Gasteiger charge is 2.23. The second-order valence-electron chi connectivity index (χ2n) is 4.35. The van der Waals surface area contributed by atoms with Crippen LogP contribution in [0.5, 0.6) is 0 Å². The monoisotopic (exact) mass is 306 g/mol. The number of rotatable bonds is 3. The molecule has 3 rings (SSSR count). The van der Waals surface area contributed by atoms with Crippen LogP contribution >= 0.6 is 0 Å². The zero-order valence-corrected chi connectivity index (χ0v) is 11.5. The first-order valence-electron chi connectivity index (χ1n) is 5.98. The molecule has 0 atom stereocenters. The maximum atomic E-state index is 13.1. The number of nitrogens with two attached hydrogens (primary N) is 1. The Kier molecular flexibility index (Phi) is 3.02. The minimum Gasteiger partial charge on any atom is -0.381 e. The van der Waals surface area contributed by atoms with Crippen molar-refractivity contribution in [2.24, 2.45) is 0 Å². The molecule has 0 unspecified atom stereocenters. The van der Waals surface area contributed by atoms with Gasteiger partial charge >= 0.3 is 0 Å². The molecule has 0 spiro atoms. The number of hydrogen-bond acceptors (Lipinski definition) is 4. The van der Waals surface area contributed by atoms with Crippen LogP contribution in [0.1, 0.15) is 0 Å². The summed E-state index contributed by atoms with van der Waals surface area (Å²) in [4.78, 5) is 3.99. The predicted molar refractivity (Wildman–Crippen MR) is 76.8 cm³/mol. The Hall–Kier alpha value is -2.61. The first-order chi connectivity index (χ1) is 9.97. The zero-order chi connectivity index (χ0) is 15.0. The number of nitrogens with one attached hydrogen (secondary N) is 1. The number of nitrogen functional groups attached to an aromatic ring is 1. The molecule has 0 fully saturated rings. The molecule has 8 heteroatoms. The van der Waals surface area contributed by atoms with E-state index >= 15 is 0 Å². The maximum Gasteiger partial charge on any atom is 0.281 e. The Labute approximate surface area is 120 Å². The molecule has 108 valence electrons. The van der Waals surface area contributed by atoms with Gasteiger partial charge in [0.1, 0.15) is 11.5 Å². The Morgan fingerprint density at radius 3 is 2.76 bits per heavy atom. The van der Waals surface area contributed by atoms with E-state index in [4.69, 9.17) is 5.73 Å². The van der Waals surface area contributed by atoms with Gasteiger partial charge in [0.2, 0.25) is 5.03 Å². The number of halogens is 1. The molecule has 2 heterocycles. The predicted octanol–water partition coefficient (Wildman–Crippen LogP) is 1.86. The van der Waals surface area contributed by atoms with Gasteiger partial charge in [-0.2, -0.15) is 8.42 Å². The van der Waals surface area contributed by atoms with Gasteiger partial charge in [-0.05, 0) is 30.3 Å². The summed E-state index contributed by atoms with van der Waals surface area (Å²) in [6.45, 7) is 0. The molecule has 1 aromatic carbocycles. The standard InChI is InChI=1S/C13H11FN4O2S/c14-9-4-3-5-10(8-9)17-21(19,20)13-12(15)16-11-6-1-2-7-18(11)13/h1-8,17H,15H2. The Bertz CT molecular complexity index is 921. The van der Waals surface area contributed by atoms with Crippen molar-refractivity contribution >= 4 is 27.2 Å². The largest absolute Gasteiger partial charge is 0.381 e. The van der Waals surface area contributed by atoms with Crippen molar-refractivity contribution in [3.05, 3.63) is 54.5 Å². The number of anilines is 2. The van der Waals surface area contributed by atoms with Crippen LogP contribution in [0.2, 0.25) is 0 Å². The van der Waals surface area contributed by atoms with Gasteiger partial charge in [0.05, 0.1) is 5.69 Å². The normalized spacial score (nSPS) is 11.7. The molecule has 0 saturated carbocycles. The van der Waals surface area contributed by atoms with Crippen molar-refractivity contribution in [1.82, 2.24) is 9.38 Å². The molecule has 0 aliphatic rings. The summed E-state index contributed by atoms with van der Waals surface area (Å²) in [5.74, 6) is -0.661. The van der Waals surface area contributed by atoms with E-state index in [0.717, 1.165) is 6.07 Å². The van der Waals surface area contributed by atoms with Crippen LogP contribution in [0, 0.1) is 5.82 Å².